The van der Waals surface area contributed by atoms with Gasteiger partial charge >= 0.3 is 0 Å². The quantitative estimate of drug-likeness (QED) is 0.680. The van der Waals surface area contributed by atoms with Crippen LogP contribution in [0.4, 0.5) is 0 Å². The summed E-state index contributed by atoms with van der Waals surface area (Å²) in [6, 6.07) is 0.518. The first-order valence-corrected chi connectivity index (χ1v) is 5.30. The first-order chi connectivity index (χ1) is 6.19. The van der Waals surface area contributed by atoms with Crippen molar-refractivity contribution in [1.29, 1.82) is 0 Å². The van der Waals surface area contributed by atoms with Crippen molar-refractivity contribution in [2.75, 3.05) is 0 Å². The van der Waals surface area contributed by atoms with Gasteiger partial charge in [-0.1, -0.05) is 13.8 Å². The van der Waals surface area contributed by atoms with Crippen LogP contribution in [0.1, 0.15) is 50.6 Å². The summed E-state index contributed by atoms with van der Waals surface area (Å²) in [6.45, 7) is 6.33. The molecule has 0 fully saturated rings. The molecule has 0 spiro atoms. The Labute approximate surface area is 84.9 Å². The van der Waals surface area contributed by atoms with Crippen LogP contribution in [0, 0.1) is 0 Å². The molecule has 2 nitrogen and oxygen atoms in total. The second kappa shape index (κ2) is 4.66. The number of halogens is 1. The zero-order valence-corrected chi connectivity index (χ0v) is 9.25. The Morgan fingerprint density at radius 3 is 2.46 bits per heavy atom. The minimum Gasteiger partial charge on any atom is -0.269 e. The lowest BCUT2D eigenvalue weighted by molar-refractivity contribution is 0.428. The zero-order valence-electron chi connectivity index (χ0n) is 8.50. The highest BCUT2D eigenvalue weighted by molar-refractivity contribution is 6.20. The molecule has 0 amide bonds. The van der Waals surface area contributed by atoms with Gasteiger partial charge in [0.1, 0.15) is 0 Å². The van der Waals surface area contributed by atoms with Crippen molar-refractivity contribution in [2.24, 2.45) is 0 Å². The summed E-state index contributed by atoms with van der Waals surface area (Å²) in [6.07, 6.45) is 6.15. The molecule has 13 heavy (non-hydrogen) atoms. The molecule has 1 unspecified atom stereocenters. The van der Waals surface area contributed by atoms with Gasteiger partial charge in [-0.25, -0.2) is 0 Å². The van der Waals surface area contributed by atoms with Crippen molar-refractivity contribution in [3.8, 4) is 0 Å². The molecule has 1 atom stereocenters. The van der Waals surface area contributed by atoms with Gasteiger partial charge in [-0.2, -0.15) is 5.10 Å². The minimum absolute atomic E-state index is 0.0584. The van der Waals surface area contributed by atoms with Gasteiger partial charge in [0.05, 0.1) is 17.6 Å². The highest BCUT2D eigenvalue weighted by atomic mass is 35.5. The van der Waals surface area contributed by atoms with Crippen molar-refractivity contribution in [3.05, 3.63) is 18.0 Å². The molecule has 1 aromatic rings. The molecule has 0 bridgehead atoms. The highest BCUT2D eigenvalue weighted by Crippen LogP contribution is 2.21. The number of rotatable bonds is 4. The maximum Gasteiger partial charge on any atom is 0.0588 e. The Bertz CT molecular complexity index is 251. The van der Waals surface area contributed by atoms with Crippen LogP contribution in [0.25, 0.3) is 0 Å². The van der Waals surface area contributed by atoms with Crippen molar-refractivity contribution in [2.45, 2.75) is 45.0 Å². The summed E-state index contributed by atoms with van der Waals surface area (Å²) in [5.74, 6) is 0. The molecule has 0 aromatic carbocycles. The normalized spacial score (nSPS) is 13.6. The van der Waals surface area contributed by atoms with E-state index in [1.165, 1.54) is 0 Å². The predicted molar refractivity (Wildman–Crippen MR) is 56.1 cm³/mol. The molecule has 1 heterocycles. The van der Waals surface area contributed by atoms with E-state index < -0.39 is 0 Å². The molecule has 0 N–H and O–H groups in total. The maximum atomic E-state index is 5.95. The summed E-state index contributed by atoms with van der Waals surface area (Å²) in [5, 5.41) is 4.37. The first kappa shape index (κ1) is 10.6. The van der Waals surface area contributed by atoms with Gasteiger partial charge < -0.3 is 0 Å². The fourth-order valence-corrected chi connectivity index (χ4v) is 1.53. The molecule has 0 radical (unpaired) electrons. The van der Waals surface area contributed by atoms with Crippen molar-refractivity contribution in [3.63, 3.8) is 0 Å². The Hall–Kier alpha value is -0.500. The van der Waals surface area contributed by atoms with Crippen molar-refractivity contribution >= 4 is 11.6 Å². The first-order valence-electron chi connectivity index (χ1n) is 4.87. The summed E-state index contributed by atoms with van der Waals surface area (Å²) in [7, 11) is 0. The largest absolute Gasteiger partial charge is 0.269 e. The van der Waals surface area contributed by atoms with E-state index in [4.69, 9.17) is 11.6 Å². The van der Waals surface area contributed by atoms with Crippen molar-refractivity contribution < 1.29 is 0 Å². The van der Waals surface area contributed by atoms with Gasteiger partial charge in [0.15, 0.2) is 0 Å². The van der Waals surface area contributed by atoms with Crippen LogP contribution in [0.2, 0.25) is 0 Å². The summed E-state index contributed by atoms with van der Waals surface area (Å²) in [4.78, 5) is 0. The van der Waals surface area contributed by atoms with Gasteiger partial charge in [0, 0.05) is 11.8 Å². The van der Waals surface area contributed by atoms with Crippen LogP contribution < -0.4 is 0 Å². The lowest BCUT2D eigenvalue weighted by Gasteiger charge is -2.12. The molecule has 0 aliphatic heterocycles. The molecule has 1 aromatic heterocycles. The van der Waals surface area contributed by atoms with Crippen LogP contribution in [-0.2, 0) is 0 Å². The third kappa shape index (κ3) is 2.47. The van der Waals surface area contributed by atoms with E-state index in [0.29, 0.717) is 6.04 Å². The molecule has 1 rings (SSSR count). The van der Waals surface area contributed by atoms with E-state index >= 15 is 0 Å². The molecule has 3 heteroatoms. The number of alkyl halides is 1. The van der Waals surface area contributed by atoms with Crippen LogP contribution in [0.15, 0.2) is 12.4 Å². The smallest absolute Gasteiger partial charge is 0.0588 e. The molecule has 0 saturated heterocycles. The van der Waals surface area contributed by atoms with Crippen LogP contribution >= 0.6 is 11.6 Å². The van der Waals surface area contributed by atoms with E-state index in [0.717, 1.165) is 18.4 Å². The summed E-state index contributed by atoms with van der Waals surface area (Å²) < 4.78 is 2.02. The fourth-order valence-electron chi connectivity index (χ4n) is 1.42. The van der Waals surface area contributed by atoms with Crippen LogP contribution in [0.3, 0.4) is 0 Å². The SMILES string of the molecule is CCC(CC)n1cc(C(C)Cl)cn1. The molecular weight excluding hydrogens is 184 g/mol. The number of hydrogen-bond acceptors (Lipinski definition) is 1. The van der Waals surface area contributed by atoms with Gasteiger partial charge in [0.2, 0.25) is 0 Å². The predicted octanol–water partition coefficient (Wildman–Crippen LogP) is 3.54. The molecule has 0 aliphatic rings. The van der Waals surface area contributed by atoms with E-state index in [-0.39, 0.29) is 5.38 Å². The average molecular weight is 201 g/mol. The average Bonchev–Trinajstić information content (AvgIpc) is 2.56. The standard InChI is InChI=1S/C10H17ClN2/c1-4-10(5-2)13-7-9(6-12-13)8(3)11/h6-8,10H,4-5H2,1-3H3. The Morgan fingerprint density at radius 1 is 1.46 bits per heavy atom. The van der Waals surface area contributed by atoms with Gasteiger partial charge in [-0.3, -0.25) is 4.68 Å². The molecule has 0 saturated carbocycles. The van der Waals surface area contributed by atoms with Gasteiger partial charge in [-0.15, -0.1) is 11.6 Å². The minimum atomic E-state index is 0.0584. The summed E-state index contributed by atoms with van der Waals surface area (Å²) >= 11 is 5.95. The topological polar surface area (TPSA) is 17.8 Å². The Morgan fingerprint density at radius 2 is 2.08 bits per heavy atom. The fraction of sp³-hybridized carbons (Fsp3) is 0.700. The molecule has 74 valence electrons. The van der Waals surface area contributed by atoms with E-state index in [9.17, 15) is 0 Å². The highest BCUT2D eigenvalue weighted by Gasteiger charge is 2.09. The van der Waals surface area contributed by atoms with E-state index in [1.807, 2.05) is 17.8 Å². The van der Waals surface area contributed by atoms with E-state index in [1.54, 1.807) is 0 Å². The van der Waals surface area contributed by atoms with Crippen LogP contribution in [-0.4, -0.2) is 9.78 Å². The molecular formula is C10H17ClN2. The Kier molecular flexibility index (Phi) is 3.79. The third-order valence-electron chi connectivity index (χ3n) is 2.40. The van der Waals surface area contributed by atoms with Gasteiger partial charge in [0.25, 0.3) is 0 Å². The van der Waals surface area contributed by atoms with Crippen molar-refractivity contribution in [1.82, 2.24) is 9.78 Å². The van der Waals surface area contributed by atoms with Crippen LogP contribution in [0.5, 0.6) is 0 Å². The summed E-state index contributed by atoms with van der Waals surface area (Å²) in [5.41, 5.74) is 1.11. The lowest BCUT2D eigenvalue weighted by atomic mass is 10.2. The molecule has 0 aliphatic carbocycles. The van der Waals surface area contributed by atoms with Gasteiger partial charge in [-0.05, 0) is 19.8 Å². The second-order valence-corrected chi connectivity index (χ2v) is 3.99. The lowest BCUT2D eigenvalue weighted by Crippen LogP contribution is -2.06. The zero-order chi connectivity index (χ0) is 9.84. The maximum absolute atomic E-state index is 5.95. The van der Waals surface area contributed by atoms with E-state index in [2.05, 4.69) is 25.1 Å². The second-order valence-electron chi connectivity index (χ2n) is 3.34. The monoisotopic (exact) mass is 200 g/mol. The Balaban J connectivity index is 2.78. The number of aromatic nitrogens is 2. The number of hydrogen-bond donors (Lipinski definition) is 0. The third-order valence-corrected chi connectivity index (χ3v) is 2.65. The number of nitrogens with zero attached hydrogens (tertiary/aromatic N) is 2.